The van der Waals surface area contributed by atoms with Crippen LogP contribution in [0.1, 0.15) is 48.4 Å². The van der Waals surface area contributed by atoms with E-state index in [4.69, 9.17) is 4.98 Å². The normalized spacial score (nSPS) is 14.6. The zero-order valence-electron chi connectivity index (χ0n) is 26.8. The average molecular weight is 606 g/mol. The van der Waals surface area contributed by atoms with E-state index in [1.807, 2.05) is 19.1 Å². The van der Waals surface area contributed by atoms with Crippen LogP contribution in [0, 0.1) is 19.7 Å². The van der Waals surface area contributed by atoms with Crippen LogP contribution in [0.25, 0.3) is 22.3 Å². The number of rotatable bonds is 10. The number of aryl methyl sites for hydroxylation is 2. The van der Waals surface area contributed by atoms with Gasteiger partial charge in [0.2, 0.25) is 5.95 Å². The smallest absolute Gasteiger partial charge is 0.261 e. The van der Waals surface area contributed by atoms with Gasteiger partial charge in [0.25, 0.3) is 5.91 Å². The zero-order valence-corrected chi connectivity index (χ0v) is 26.8. The molecule has 1 amide bonds. The van der Waals surface area contributed by atoms with Crippen molar-refractivity contribution in [3.63, 3.8) is 0 Å². The van der Waals surface area contributed by atoms with Gasteiger partial charge in [-0.3, -0.25) is 14.8 Å². The van der Waals surface area contributed by atoms with Gasteiger partial charge in [0.15, 0.2) is 5.82 Å². The lowest BCUT2D eigenvalue weighted by Gasteiger charge is -2.34. The van der Waals surface area contributed by atoms with Crippen molar-refractivity contribution < 1.29 is 14.3 Å². The van der Waals surface area contributed by atoms with Crippen LogP contribution in [0.2, 0.25) is 0 Å². The number of nitrogens with one attached hydrogen (secondary N) is 2. The van der Waals surface area contributed by atoms with E-state index >= 15 is 4.39 Å². The Balaban J connectivity index is 1.42. The van der Waals surface area contributed by atoms with E-state index in [-0.39, 0.29) is 23.8 Å². The number of likely N-dealkylation sites (N-methyl/N-ethyl adjacent to an activating group) is 1. The first-order valence-corrected chi connectivity index (χ1v) is 15.1. The summed E-state index contributed by atoms with van der Waals surface area (Å²) in [5, 5.41) is 21.5. The molecule has 44 heavy (non-hydrogen) atoms. The van der Waals surface area contributed by atoms with Crippen LogP contribution in [-0.4, -0.2) is 92.1 Å². The van der Waals surface area contributed by atoms with Gasteiger partial charge in [-0.2, -0.15) is 5.10 Å². The SMILES string of the molecule is Cc1cc(C(=O)Nc2nc3ccc(N4CCC(NCCN(C)C)CC4)cc3n2CC(C)(C)O)c(F)c(-c2cnn(C)c2C)n1. The number of piperidine rings is 1. The Bertz CT molecular complexity index is 1650. The molecular formula is C32H44FN9O2. The fourth-order valence-corrected chi connectivity index (χ4v) is 5.69. The maximum Gasteiger partial charge on any atom is 0.261 e. The van der Waals surface area contributed by atoms with Crippen LogP contribution < -0.4 is 15.5 Å². The van der Waals surface area contributed by atoms with E-state index in [0.717, 1.165) is 55.9 Å². The molecule has 1 aromatic carbocycles. The van der Waals surface area contributed by atoms with Crippen molar-refractivity contribution in [2.45, 2.75) is 58.7 Å². The molecule has 4 aromatic rings. The van der Waals surface area contributed by atoms with Crippen molar-refractivity contribution in [2.24, 2.45) is 7.05 Å². The molecule has 0 spiro atoms. The Labute approximate surface area is 258 Å². The quantitative estimate of drug-likeness (QED) is 0.251. The number of hydrogen-bond acceptors (Lipinski definition) is 8. The molecule has 1 fully saturated rings. The number of fused-ring (bicyclic) bond motifs is 1. The fraction of sp³-hybridized carbons (Fsp3) is 0.500. The minimum Gasteiger partial charge on any atom is -0.389 e. The molecule has 0 radical (unpaired) electrons. The number of carbonyl (C=O) groups is 1. The standard InChI is InChI=1S/C32H44FN9O2/c1-20-16-24(28(33)29(36-20)25-18-35-40(7)21(25)2)30(43)38-31-37-26-9-8-23(17-27(26)42(31)19-32(3,4)44)41-13-10-22(11-14-41)34-12-15-39(5)6/h8-9,16-18,22,34,44H,10-15,19H2,1-7H3,(H,37,38,43). The van der Waals surface area contributed by atoms with Gasteiger partial charge in [-0.25, -0.2) is 14.4 Å². The van der Waals surface area contributed by atoms with E-state index in [1.165, 1.54) is 6.07 Å². The van der Waals surface area contributed by atoms with Crippen LogP contribution in [0.15, 0.2) is 30.5 Å². The van der Waals surface area contributed by atoms with Crippen LogP contribution in [0.4, 0.5) is 16.0 Å². The molecule has 4 heterocycles. The van der Waals surface area contributed by atoms with E-state index in [9.17, 15) is 9.90 Å². The number of halogens is 1. The van der Waals surface area contributed by atoms with Crippen molar-refractivity contribution in [1.82, 2.24) is 34.5 Å². The molecule has 1 saturated heterocycles. The molecule has 1 aliphatic rings. The minimum atomic E-state index is -1.09. The third-order valence-corrected chi connectivity index (χ3v) is 8.18. The summed E-state index contributed by atoms with van der Waals surface area (Å²) in [6, 6.07) is 7.97. The molecule has 12 heteroatoms. The molecule has 236 valence electrons. The van der Waals surface area contributed by atoms with Gasteiger partial charge < -0.3 is 24.8 Å². The molecule has 3 N–H and O–H groups in total. The van der Waals surface area contributed by atoms with Gasteiger partial charge in [-0.05, 0) is 78.9 Å². The number of benzene rings is 1. The number of aromatic nitrogens is 5. The Hall–Kier alpha value is -3.87. The highest BCUT2D eigenvalue weighted by atomic mass is 19.1. The predicted molar refractivity (Wildman–Crippen MR) is 172 cm³/mol. The molecule has 0 aliphatic carbocycles. The van der Waals surface area contributed by atoms with Crippen LogP contribution >= 0.6 is 0 Å². The third-order valence-electron chi connectivity index (χ3n) is 8.18. The van der Waals surface area contributed by atoms with E-state index in [1.54, 1.807) is 43.3 Å². The number of anilines is 2. The lowest BCUT2D eigenvalue weighted by Crippen LogP contribution is -2.44. The first kappa shape index (κ1) is 31.6. The average Bonchev–Trinajstić information content (AvgIpc) is 3.46. The Morgan fingerprint density at radius 2 is 1.89 bits per heavy atom. The number of carbonyl (C=O) groups excluding carboxylic acids is 1. The second-order valence-electron chi connectivity index (χ2n) is 12.7. The van der Waals surface area contributed by atoms with Crippen molar-refractivity contribution in [2.75, 3.05) is 50.5 Å². The van der Waals surface area contributed by atoms with Crippen molar-refractivity contribution >= 4 is 28.6 Å². The Morgan fingerprint density at radius 3 is 2.52 bits per heavy atom. The van der Waals surface area contributed by atoms with Gasteiger partial charge in [0, 0.05) is 61.9 Å². The summed E-state index contributed by atoms with van der Waals surface area (Å²) in [6.07, 6.45) is 3.65. The maximum absolute atomic E-state index is 15.8. The van der Waals surface area contributed by atoms with E-state index in [2.05, 4.69) is 50.7 Å². The molecule has 1 aliphatic heterocycles. The number of aliphatic hydroxyl groups is 1. The zero-order chi connectivity index (χ0) is 31.8. The topological polar surface area (TPSA) is 116 Å². The van der Waals surface area contributed by atoms with Crippen LogP contribution in [0.5, 0.6) is 0 Å². The molecule has 0 saturated carbocycles. The van der Waals surface area contributed by atoms with Gasteiger partial charge >= 0.3 is 0 Å². The monoisotopic (exact) mass is 605 g/mol. The highest BCUT2D eigenvalue weighted by Gasteiger charge is 2.26. The lowest BCUT2D eigenvalue weighted by atomic mass is 10.0. The Morgan fingerprint density at radius 1 is 1.16 bits per heavy atom. The predicted octanol–water partition coefficient (Wildman–Crippen LogP) is 3.73. The highest BCUT2D eigenvalue weighted by Crippen LogP contribution is 2.30. The summed E-state index contributed by atoms with van der Waals surface area (Å²) < 4.78 is 19.2. The number of imidazole rings is 1. The second-order valence-corrected chi connectivity index (χ2v) is 12.7. The summed E-state index contributed by atoms with van der Waals surface area (Å²) in [5.74, 6) is -1.13. The van der Waals surface area contributed by atoms with Gasteiger partial charge in [-0.15, -0.1) is 0 Å². The summed E-state index contributed by atoms with van der Waals surface area (Å²) in [4.78, 5) is 27.2. The highest BCUT2D eigenvalue weighted by molar-refractivity contribution is 6.05. The minimum absolute atomic E-state index is 0.0760. The molecule has 0 atom stereocenters. The fourth-order valence-electron chi connectivity index (χ4n) is 5.69. The van der Waals surface area contributed by atoms with E-state index in [0.29, 0.717) is 22.8 Å². The van der Waals surface area contributed by atoms with Gasteiger partial charge in [0.1, 0.15) is 5.69 Å². The largest absolute Gasteiger partial charge is 0.389 e. The summed E-state index contributed by atoms with van der Waals surface area (Å²) in [7, 11) is 5.93. The van der Waals surface area contributed by atoms with E-state index < -0.39 is 17.3 Å². The summed E-state index contributed by atoms with van der Waals surface area (Å²) in [5.41, 5.74) is 3.12. The molecule has 0 unspecified atom stereocenters. The molecule has 3 aromatic heterocycles. The lowest BCUT2D eigenvalue weighted by molar-refractivity contribution is 0.0630. The first-order chi connectivity index (χ1) is 20.8. The second kappa shape index (κ2) is 12.6. The first-order valence-electron chi connectivity index (χ1n) is 15.1. The number of amides is 1. The number of nitrogens with zero attached hydrogens (tertiary/aromatic N) is 7. The maximum atomic E-state index is 15.8. The van der Waals surface area contributed by atoms with Gasteiger partial charge in [0.05, 0.1) is 34.9 Å². The third kappa shape index (κ3) is 6.92. The number of pyridine rings is 1. The Kier molecular flexibility index (Phi) is 9.05. The summed E-state index contributed by atoms with van der Waals surface area (Å²) in [6.45, 7) is 11.0. The van der Waals surface area contributed by atoms with Crippen LogP contribution in [0.3, 0.4) is 0 Å². The van der Waals surface area contributed by atoms with Crippen molar-refractivity contribution in [1.29, 1.82) is 0 Å². The molecular weight excluding hydrogens is 561 g/mol. The van der Waals surface area contributed by atoms with Gasteiger partial charge in [-0.1, -0.05) is 0 Å². The number of hydrogen-bond donors (Lipinski definition) is 3. The summed E-state index contributed by atoms with van der Waals surface area (Å²) >= 11 is 0. The molecule has 5 rings (SSSR count). The van der Waals surface area contributed by atoms with Crippen LogP contribution in [-0.2, 0) is 13.6 Å². The molecule has 0 bridgehead atoms. The van der Waals surface area contributed by atoms with Crippen molar-refractivity contribution in [3.8, 4) is 11.3 Å². The molecule has 11 nitrogen and oxygen atoms in total. The van der Waals surface area contributed by atoms with Crippen molar-refractivity contribution in [3.05, 3.63) is 53.2 Å².